The van der Waals surface area contributed by atoms with Crippen molar-refractivity contribution in [2.24, 2.45) is 0 Å². The van der Waals surface area contributed by atoms with Gasteiger partial charge in [0, 0.05) is 27.5 Å². The predicted octanol–water partition coefficient (Wildman–Crippen LogP) is 4.97. The molecule has 1 atom stereocenters. The lowest BCUT2D eigenvalue weighted by molar-refractivity contribution is 0.519. The summed E-state index contributed by atoms with van der Waals surface area (Å²) in [5, 5.41) is 6.74. The molecule has 0 spiro atoms. The number of hydrogen-bond acceptors (Lipinski definition) is 4. The number of thiophene rings is 1. The number of rotatable bonds is 5. The van der Waals surface area contributed by atoms with Gasteiger partial charge in [0.25, 0.3) is 0 Å². The topological polar surface area (TPSA) is 24.9 Å². The zero-order chi connectivity index (χ0) is 12.3. The quantitative estimate of drug-likeness (QED) is 0.772. The molecule has 2 rings (SSSR count). The van der Waals surface area contributed by atoms with Crippen LogP contribution in [-0.2, 0) is 6.54 Å². The van der Waals surface area contributed by atoms with Gasteiger partial charge in [-0.15, -0.1) is 22.7 Å². The number of halogens is 2. The van der Waals surface area contributed by atoms with Crippen LogP contribution in [0.4, 0.5) is 0 Å². The van der Waals surface area contributed by atoms with Crippen LogP contribution in [0.15, 0.2) is 25.9 Å². The number of nitrogens with one attached hydrogen (secondary N) is 1. The van der Waals surface area contributed by atoms with E-state index >= 15 is 0 Å². The standard InChI is InChI=1S/C11H12Br2N2S2/c1-2-9(11-14-3-4-16-11)15-6-7-5-8(12)10(13)17-7/h3-5,9,15H,2,6H2,1H3. The first-order chi connectivity index (χ1) is 8.20. The molecule has 2 aromatic heterocycles. The maximum absolute atomic E-state index is 4.36. The minimum Gasteiger partial charge on any atom is -0.303 e. The molecule has 0 radical (unpaired) electrons. The lowest BCUT2D eigenvalue weighted by Crippen LogP contribution is -2.19. The monoisotopic (exact) mass is 394 g/mol. The van der Waals surface area contributed by atoms with Gasteiger partial charge >= 0.3 is 0 Å². The van der Waals surface area contributed by atoms with E-state index in [-0.39, 0.29) is 0 Å². The molecule has 1 unspecified atom stereocenters. The summed E-state index contributed by atoms with van der Waals surface area (Å²) in [7, 11) is 0. The molecule has 2 nitrogen and oxygen atoms in total. The summed E-state index contributed by atoms with van der Waals surface area (Å²) in [5.74, 6) is 0. The van der Waals surface area contributed by atoms with Gasteiger partial charge < -0.3 is 5.32 Å². The second-order valence-electron chi connectivity index (χ2n) is 3.55. The minimum atomic E-state index is 0.356. The van der Waals surface area contributed by atoms with E-state index < -0.39 is 0 Å². The van der Waals surface area contributed by atoms with Crippen molar-refractivity contribution in [1.82, 2.24) is 10.3 Å². The van der Waals surface area contributed by atoms with Gasteiger partial charge in [-0.25, -0.2) is 4.98 Å². The lowest BCUT2D eigenvalue weighted by Gasteiger charge is -2.13. The van der Waals surface area contributed by atoms with E-state index in [9.17, 15) is 0 Å². The average molecular weight is 396 g/mol. The Morgan fingerprint density at radius 2 is 2.29 bits per heavy atom. The second-order valence-corrected chi connectivity index (χ2v) is 7.78. The summed E-state index contributed by atoms with van der Waals surface area (Å²) in [6, 6.07) is 2.51. The molecular weight excluding hydrogens is 384 g/mol. The molecule has 0 saturated heterocycles. The van der Waals surface area contributed by atoms with Crippen LogP contribution in [0.3, 0.4) is 0 Å². The Hall–Kier alpha value is 0.250. The Labute approximate surface area is 126 Å². The molecule has 2 heterocycles. The van der Waals surface area contributed by atoms with Crippen LogP contribution in [-0.4, -0.2) is 4.98 Å². The fourth-order valence-corrected chi connectivity index (χ4v) is 4.44. The van der Waals surface area contributed by atoms with Crippen LogP contribution < -0.4 is 5.32 Å². The van der Waals surface area contributed by atoms with Crippen molar-refractivity contribution in [3.05, 3.63) is 35.8 Å². The van der Waals surface area contributed by atoms with Crippen molar-refractivity contribution in [2.45, 2.75) is 25.9 Å². The fourth-order valence-electron chi connectivity index (χ4n) is 1.52. The van der Waals surface area contributed by atoms with Crippen molar-refractivity contribution in [3.8, 4) is 0 Å². The summed E-state index contributed by atoms with van der Waals surface area (Å²) >= 11 is 10.5. The Kier molecular flexibility index (Phi) is 5.17. The summed E-state index contributed by atoms with van der Waals surface area (Å²) in [4.78, 5) is 5.68. The third-order valence-electron chi connectivity index (χ3n) is 2.38. The lowest BCUT2D eigenvalue weighted by atomic mass is 10.2. The van der Waals surface area contributed by atoms with Gasteiger partial charge in [0.1, 0.15) is 5.01 Å². The molecule has 0 amide bonds. The Morgan fingerprint density at radius 1 is 1.47 bits per heavy atom. The molecular formula is C11H12Br2N2S2. The van der Waals surface area contributed by atoms with E-state index in [2.05, 4.69) is 55.2 Å². The fraction of sp³-hybridized carbons (Fsp3) is 0.364. The van der Waals surface area contributed by atoms with Gasteiger partial charge in [0.2, 0.25) is 0 Å². The molecule has 0 aliphatic carbocycles. The first-order valence-corrected chi connectivity index (χ1v) is 8.55. The van der Waals surface area contributed by atoms with Crippen LogP contribution in [0, 0.1) is 0 Å². The van der Waals surface area contributed by atoms with E-state index in [1.165, 1.54) is 9.88 Å². The third kappa shape index (κ3) is 3.61. The van der Waals surface area contributed by atoms with Crippen molar-refractivity contribution in [1.29, 1.82) is 0 Å². The van der Waals surface area contributed by atoms with Gasteiger partial charge in [-0.3, -0.25) is 0 Å². The van der Waals surface area contributed by atoms with Crippen LogP contribution in [0.25, 0.3) is 0 Å². The SMILES string of the molecule is CCC(NCc1cc(Br)c(Br)s1)c1nccs1. The van der Waals surface area contributed by atoms with E-state index in [0.29, 0.717) is 6.04 Å². The maximum atomic E-state index is 4.36. The molecule has 6 heteroatoms. The molecule has 2 aromatic rings. The molecule has 92 valence electrons. The van der Waals surface area contributed by atoms with Crippen LogP contribution in [0.2, 0.25) is 0 Å². The van der Waals surface area contributed by atoms with Crippen LogP contribution in [0.5, 0.6) is 0 Å². The number of hydrogen-bond donors (Lipinski definition) is 1. The first kappa shape index (κ1) is 13.7. The predicted molar refractivity (Wildman–Crippen MR) is 81.7 cm³/mol. The highest BCUT2D eigenvalue weighted by Gasteiger charge is 2.12. The highest BCUT2D eigenvalue weighted by atomic mass is 79.9. The van der Waals surface area contributed by atoms with Crippen LogP contribution >= 0.6 is 54.5 Å². The Bertz CT molecular complexity index is 448. The molecule has 0 fully saturated rings. The number of aromatic nitrogens is 1. The normalized spacial score (nSPS) is 12.9. The third-order valence-corrected chi connectivity index (χ3v) is 6.52. The molecule has 17 heavy (non-hydrogen) atoms. The van der Waals surface area contributed by atoms with Gasteiger partial charge in [-0.1, -0.05) is 6.92 Å². The average Bonchev–Trinajstić information content (AvgIpc) is 2.92. The number of thiazole rings is 1. The summed E-state index contributed by atoms with van der Waals surface area (Å²) < 4.78 is 2.28. The largest absolute Gasteiger partial charge is 0.303 e. The highest BCUT2D eigenvalue weighted by Crippen LogP contribution is 2.32. The molecule has 0 aromatic carbocycles. The van der Waals surface area contributed by atoms with Crippen molar-refractivity contribution < 1.29 is 0 Å². The summed E-state index contributed by atoms with van der Waals surface area (Å²) in [6.45, 7) is 3.06. The Balaban J connectivity index is 1.97. The maximum Gasteiger partial charge on any atom is 0.109 e. The van der Waals surface area contributed by atoms with E-state index in [4.69, 9.17) is 0 Å². The highest BCUT2D eigenvalue weighted by molar-refractivity contribution is 9.13. The Morgan fingerprint density at radius 3 is 2.82 bits per heavy atom. The zero-order valence-electron chi connectivity index (χ0n) is 9.24. The minimum absolute atomic E-state index is 0.356. The second kappa shape index (κ2) is 6.43. The summed E-state index contributed by atoms with van der Waals surface area (Å²) in [5.41, 5.74) is 0. The van der Waals surface area contributed by atoms with Gasteiger partial charge in [0.15, 0.2) is 0 Å². The zero-order valence-corrected chi connectivity index (χ0v) is 14.0. The van der Waals surface area contributed by atoms with Gasteiger partial charge in [-0.05, 0) is 44.3 Å². The van der Waals surface area contributed by atoms with Gasteiger partial charge in [0.05, 0.1) is 9.83 Å². The van der Waals surface area contributed by atoms with Crippen LogP contribution in [0.1, 0.15) is 29.3 Å². The molecule has 0 aliphatic heterocycles. The van der Waals surface area contributed by atoms with Gasteiger partial charge in [-0.2, -0.15) is 0 Å². The molecule has 0 bridgehead atoms. The van der Waals surface area contributed by atoms with Crippen molar-refractivity contribution in [3.63, 3.8) is 0 Å². The van der Waals surface area contributed by atoms with E-state index in [1.807, 2.05) is 11.6 Å². The van der Waals surface area contributed by atoms with E-state index in [0.717, 1.165) is 21.2 Å². The number of nitrogens with zero attached hydrogens (tertiary/aromatic N) is 1. The molecule has 0 aliphatic rings. The molecule has 0 saturated carbocycles. The first-order valence-electron chi connectivity index (χ1n) is 5.27. The van der Waals surface area contributed by atoms with Crippen molar-refractivity contribution in [2.75, 3.05) is 0 Å². The van der Waals surface area contributed by atoms with E-state index in [1.54, 1.807) is 22.7 Å². The summed E-state index contributed by atoms with van der Waals surface area (Å²) in [6.07, 6.45) is 2.92. The molecule has 1 N–H and O–H groups in total. The van der Waals surface area contributed by atoms with Crippen molar-refractivity contribution >= 4 is 54.5 Å². The smallest absolute Gasteiger partial charge is 0.109 e.